The lowest BCUT2D eigenvalue weighted by Crippen LogP contribution is -2.20. The van der Waals surface area contributed by atoms with E-state index in [2.05, 4.69) is 25.7 Å². The number of nitriles is 1. The highest BCUT2D eigenvalue weighted by molar-refractivity contribution is 8.02. The lowest BCUT2D eigenvalue weighted by molar-refractivity contribution is 0.198. The number of nitrogens with one attached hydrogen (secondary N) is 2. The van der Waals surface area contributed by atoms with Gasteiger partial charge in [-0.15, -0.1) is 0 Å². The van der Waals surface area contributed by atoms with Gasteiger partial charge in [0.15, 0.2) is 5.13 Å². The molecule has 4 rings (SSSR count). The maximum Gasteiger partial charge on any atom is 0.186 e. The topological polar surface area (TPSA) is 88.0 Å². The number of aromatic nitrogens is 2. The van der Waals surface area contributed by atoms with Gasteiger partial charge < -0.3 is 19.7 Å². The van der Waals surface area contributed by atoms with Crippen molar-refractivity contribution in [3.8, 4) is 6.07 Å². The van der Waals surface area contributed by atoms with Crippen LogP contribution >= 0.6 is 23.3 Å². The van der Waals surface area contributed by atoms with Crippen LogP contribution in [-0.2, 0) is 0 Å². The SMILES string of the molecule is Cc1ccc(NSc2cnc(N3CCC(O)C3)s2)c2[nH]cc(C#N)c12. The minimum atomic E-state index is -0.249. The predicted molar refractivity (Wildman–Crippen MR) is 102 cm³/mol. The summed E-state index contributed by atoms with van der Waals surface area (Å²) in [4.78, 5) is 9.77. The Morgan fingerprint density at radius 3 is 3.16 bits per heavy atom. The van der Waals surface area contributed by atoms with Crippen LogP contribution in [0.15, 0.2) is 28.7 Å². The maximum absolute atomic E-state index is 9.66. The first-order chi connectivity index (χ1) is 12.2. The predicted octanol–water partition coefficient (Wildman–Crippen LogP) is 3.49. The van der Waals surface area contributed by atoms with Crippen LogP contribution in [0.2, 0.25) is 0 Å². The standard InChI is InChI=1S/C17H17N5OS2/c1-10-2-3-13(16-15(10)11(6-18)7-19-16)21-25-14-8-20-17(24-14)22-5-4-12(23)9-22/h2-3,7-8,12,19,21,23H,4-5,9H2,1H3. The van der Waals surface area contributed by atoms with Crippen molar-refractivity contribution in [2.45, 2.75) is 23.7 Å². The first kappa shape index (κ1) is 16.3. The van der Waals surface area contributed by atoms with Crippen molar-refractivity contribution in [2.75, 3.05) is 22.7 Å². The van der Waals surface area contributed by atoms with Crippen molar-refractivity contribution in [1.29, 1.82) is 5.26 Å². The summed E-state index contributed by atoms with van der Waals surface area (Å²) in [6.45, 7) is 3.52. The van der Waals surface area contributed by atoms with E-state index < -0.39 is 0 Å². The van der Waals surface area contributed by atoms with E-state index in [0.717, 1.165) is 44.5 Å². The van der Waals surface area contributed by atoms with Crippen LogP contribution in [0, 0.1) is 18.3 Å². The molecule has 3 heterocycles. The number of β-amino-alcohol motifs (C(OH)–C–C–N with tert-alkyl or cyclic N) is 1. The molecule has 1 saturated heterocycles. The van der Waals surface area contributed by atoms with Gasteiger partial charge in [0.2, 0.25) is 0 Å². The van der Waals surface area contributed by atoms with Crippen LogP contribution in [0.1, 0.15) is 17.5 Å². The van der Waals surface area contributed by atoms with Crippen molar-refractivity contribution in [3.05, 3.63) is 35.7 Å². The van der Waals surface area contributed by atoms with Crippen LogP contribution in [0.3, 0.4) is 0 Å². The fourth-order valence-electron chi connectivity index (χ4n) is 3.06. The average Bonchev–Trinajstić information content (AvgIpc) is 3.33. The summed E-state index contributed by atoms with van der Waals surface area (Å²) in [5.74, 6) is 0. The van der Waals surface area contributed by atoms with Crippen LogP contribution < -0.4 is 9.62 Å². The van der Waals surface area contributed by atoms with E-state index in [-0.39, 0.29) is 6.10 Å². The van der Waals surface area contributed by atoms with Crippen molar-refractivity contribution in [3.63, 3.8) is 0 Å². The third-order valence-corrected chi connectivity index (χ3v) is 6.31. The molecule has 1 aromatic carbocycles. The van der Waals surface area contributed by atoms with Crippen molar-refractivity contribution >= 4 is 45.0 Å². The van der Waals surface area contributed by atoms with Crippen LogP contribution in [0.4, 0.5) is 10.8 Å². The van der Waals surface area contributed by atoms with Gasteiger partial charge in [-0.05, 0) is 36.9 Å². The Kier molecular flexibility index (Phi) is 4.29. The lowest BCUT2D eigenvalue weighted by Gasteiger charge is -2.12. The third kappa shape index (κ3) is 3.06. The van der Waals surface area contributed by atoms with Crippen molar-refractivity contribution < 1.29 is 5.11 Å². The Balaban J connectivity index is 1.52. The summed E-state index contributed by atoms with van der Waals surface area (Å²) in [5, 5.41) is 20.8. The van der Waals surface area contributed by atoms with Gasteiger partial charge in [0.25, 0.3) is 0 Å². The van der Waals surface area contributed by atoms with Gasteiger partial charge in [-0.1, -0.05) is 17.4 Å². The van der Waals surface area contributed by atoms with E-state index in [4.69, 9.17) is 0 Å². The summed E-state index contributed by atoms with van der Waals surface area (Å²) in [6.07, 6.45) is 4.15. The highest BCUT2D eigenvalue weighted by Crippen LogP contribution is 2.35. The van der Waals surface area contributed by atoms with E-state index >= 15 is 0 Å². The van der Waals surface area contributed by atoms with Crippen molar-refractivity contribution in [2.24, 2.45) is 0 Å². The number of rotatable bonds is 4. The van der Waals surface area contributed by atoms with E-state index in [1.54, 1.807) is 17.5 Å². The molecule has 8 heteroatoms. The molecule has 1 aliphatic heterocycles. The second-order valence-corrected chi connectivity index (χ2v) is 8.16. The zero-order chi connectivity index (χ0) is 17.4. The molecule has 1 fully saturated rings. The normalized spacial score (nSPS) is 17.2. The molecule has 0 amide bonds. The fourth-order valence-corrected chi connectivity index (χ4v) is 4.75. The summed E-state index contributed by atoms with van der Waals surface area (Å²) >= 11 is 3.12. The molecule has 0 bridgehead atoms. The van der Waals surface area contributed by atoms with Gasteiger partial charge in [0.1, 0.15) is 10.3 Å². The number of hydrogen-bond donors (Lipinski definition) is 3. The van der Waals surface area contributed by atoms with Crippen LogP contribution in [0.25, 0.3) is 10.9 Å². The lowest BCUT2D eigenvalue weighted by atomic mass is 10.1. The second-order valence-electron chi connectivity index (χ2n) is 6.05. The number of nitrogens with zero attached hydrogens (tertiary/aromatic N) is 3. The van der Waals surface area contributed by atoms with Crippen LogP contribution in [-0.4, -0.2) is 34.3 Å². The monoisotopic (exact) mass is 371 g/mol. The molecule has 6 nitrogen and oxygen atoms in total. The minimum absolute atomic E-state index is 0.249. The number of thiazole rings is 1. The Labute approximate surface area is 153 Å². The number of aryl methyl sites for hydroxylation is 1. The number of aromatic amines is 1. The van der Waals surface area contributed by atoms with Gasteiger partial charge in [-0.3, -0.25) is 0 Å². The largest absolute Gasteiger partial charge is 0.391 e. The van der Waals surface area contributed by atoms with Gasteiger partial charge in [0.05, 0.1) is 29.1 Å². The Morgan fingerprint density at radius 2 is 2.40 bits per heavy atom. The molecule has 0 radical (unpaired) electrons. The van der Waals surface area contributed by atoms with Gasteiger partial charge in [-0.25, -0.2) is 4.98 Å². The maximum atomic E-state index is 9.66. The van der Waals surface area contributed by atoms with Gasteiger partial charge >= 0.3 is 0 Å². The molecule has 3 aromatic rings. The number of aliphatic hydroxyl groups excluding tert-OH is 1. The molecule has 1 aliphatic rings. The van der Waals surface area contributed by atoms with Gasteiger partial charge in [-0.2, -0.15) is 5.26 Å². The summed E-state index contributed by atoms with van der Waals surface area (Å²) < 4.78 is 4.41. The Hall–Kier alpha value is -2.21. The fraction of sp³-hybridized carbons (Fsp3) is 0.294. The van der Waals surface area contributed by atoms with E-state index in [1.807, 2.05) is 25.3 Å². The van der Waals surface area contributed by atoms with E-state index in [0.29, 0.717) is 12.1 Å². The first-order valence-electron chi connectivity index (χ1n) is 7.98. The molecule has 1 unspecified atom stereocenters. The molecule has 1 atom stereocenters. The number of hydrogen-bond acceptors (Lipinski definition) is 7. The number of H-pyrrole nitrogens is 1. The number of aliphatic hydroxyl groups is 1. The molecular weight excluding hydrogens is 354 g/mol. The minimum Gasteiger partial charge on any atom is -0.391 e. The third-order valence-electron chi connectivity index (χ3n) is 4.33. The molecule has 3 N–H and O–H groups in total. The Morgan fingerprint density at radius 1 is 1.52 bits per heavy atom. The molecule has 25 heavy (non-hydrogen) atoms. The highest BCUT2D eigenvalue weighted by atomic mass is 32.2. The summed E-state index contributed by atoms with van der Waals surface area (Å²) in [7, 11) is 0. The Bertz CT molecular complexity index is 958. The average molecular weight is 371 g/mol. The molecular formula is C17H17N5OS2. The number of benzene rings is 1. The second kappa shape index (κ2) is 6.59. The molecule has 0 aliphatic carbocycles. The number of fused-ring (bicyclic) bond motifs is 1. The van der Waals surface area contributed by atoms with E-state index in [9.17, 15) is 10.4 Å². The smallest absolute Gasteiger partial charge is 0.186 e. The molecule has 2 aromatic heterocycles. The molecule has 0 saturated carbocycles. The zero-order valence-electron chi connectivity index (χ0n) is 13.6. The van der Waals surface area contributed by atoms with Crippen LogP contribution in [0.5, 0.6) is 0 Å². The zero-order valence-corrected chi connectivity index (χ0v) is 15.2. The molecule has 0 spiro atoms. The van der Waals surface area contributed by atoms with E-state index in [1.165, 1.54) is 11.9 Å². The summed E-state index contributed by atoms with van der Waals surface area (Å²) in [6, 6.07) is 6.26. The number of anilines is 2. The molecule has 128 valence electrons. The quantitative estimate of drug-likeness (QED) is 0.609. The van der Waals surface area contributed by atoms with Gasteiger partial charge in [0, 0.05) is 24.7 Å². The highest BCUT2D eigenvalue weighted by Gasteiger charge is 2.22. The first-order valence-corrected chi connectivity index (χ1v) is 9.61. The van der Waals surface area contributed by atoms with Crippen molar-refractivity contribution in [1.82, 2.24) is 9.97 Å². The summed E-state index contributed by atoms with van der Waals surface area (Å²) in [5.41, 5.74) is 3.62.